The molecule has 1 unspecified atom stereocenters. The fourth-order valence-corrected chi connectivity index (χ4v) is 1.39. The summed E-state index contributed by atoms with van der Waals surface area (Å²) in [4.78, 5) is 21.8. The Morgan fingerprint density at radius 2 is 2.00 bits per heavy atom. The molecule has 0 aliphatic carbocycles. The van der Waals surface area contributed by atoms with E-state index < -0.39 is 38.2 Å². The first-order valence-corrected chi connectivity index (χ1v) is 6.45. The molecule has 1 atom stereocenters. The minimum absolute atomic E-state index is 0.0217. The van der Waals surface area contributed by atoms with Crippen molar-refractivity contribution >= 4 is 11.9 Å². The molecule has 0 amide bonds. The Labute approximate surface area is 104 Å². The number of carbonyl (C=O) groups is 2. The molecular weight excluding hydrogens is 275 g/mol. The molecule has 0 fully saturated rings. The summed E-state index contributed by atoms with van der Waals surface area (Å²) in [6.45, 7) is 5.78. The van der Waals surface area contributed by atoms with Gasteiger partial charge in [-0.1, -0.05) is 0 Å². The van der Waals surface area contributed by atoms with E-state index in [-0.39, 0.29) is 12.0 Å². The predicted octanol–water partition coefficient (Wildman–Crippen LogP) is 0.369. The number of esters is 2. The van der Waals surface area contributed by atoms with Crippen LogP contribution in [-0.4, -0.2) is 36.4 Å². The Kier molecular flexibility index (Phi) is 7.60. The average Bonchev–Trinajstić information content (AvgIpc) is 2.25. The van der Waals surface area contributed by atoms with Gasteiger partial charge in [0.25, 0.3) is 0 Å². The van der Waals surface area contributed by atoms with Crippen LogP contribution in [0.5, 0.6) is 0 Å². The second-order valence-electron chi connectivity index (χ2n) is 3.09. The molecule has 0 saturated carbocycles. The van der Waals surface area contributed by atoms with Crippen LogP contribution >= 0.6 is 0 Å². The van der Waals surface area contributed by atoms with Crippen LogP contribution in [0.4, 0.5) is 0 Å². The number of allylic oxidation sites excluding steroid dienone is 1. The Morgan fingerprint density at radius 1 is 1.41 bits per heavy atom. The molecule has 0 aliphatic heterocycles. The van der Waals surface area contributed by atoms with Crippen LogP contribution in [0.3, 0.4) is 0 Å². The summed E-state index contributed by atoms with van der Waals surface area (Å²) >= 11 is -1.55. The van der Waals surface area contributed by atoms with Crippen LogP contribution in [0.1, 0.15) is 13.8 Å². The number of hydrogen-bond acceptors (Lipinski definition) is 6. The van der Waals surface area contributed by atoms with E-state index in [1.54, 1.807) is 6.92 Å². The molecule has 101 valence electrons. The second kappa shape index (κ2) is 8.10. The van der Waals surface area contributed by atoms with Crippen molar-refractivity contribution in [1.29, 1.82) is 0 Å². The molecule has 0 saturated heterocycles. The molecule has 0 heterocycles. The van der Waals surface area contributed by atoms with Crippen molar-refractivity contribution in [3.05, 3.63) is 11.1 Å². The summed E-state index contributed by atoms with van der Waals surface area (Å²) in [6, 6.07) is 0. The van der Waals surface area contributed by atoms with Crippen molar-refractivity contribution in [3.63, 3.8) is 0 Å². The van der Waals surface area contributed by atoms with Gasteiger partial charge in [-0.25, -0.2) is 0 Å². The van der Waals surface area contributed by atoms with Crippen LogP contribution in [-0.2, 0) is 36.5 Å². The van der Waals surface area contributed by atoms with Gasteiger partial charge in [0.15, 0.2) is 0 Å². The fraction of sp³-hybridized carbons (Fsp3) is 0.600. The Hall–Kier alpha value is -1.05. The minimum atomic E-state index is -1.55. The van der Waals surface area contributed by atoms with Gasteiger partial charge in [0.1, 0.15) is 0 Å². The quantitative estimate of drug-likeness (QED) is 0.682. The number of ether oxygens (including phenoxy) is 2. The van der Waals surface area contributed by atoms with Crippen molar-refractivity contribution in [2.45, 2.75) is 25.3 Å². The Bertz CT molecular complexity index is 323. The van der Waals surface area contributed by atoms with Gasteiger partial charge >= 0.3 is 103 Å². The first-order valence-electron chi connectivity index (χ1n) is 4.76. The van der Waals surface area contributed by atoms with Crippen LogP contribution in [0, 0.1) is 0 Å². The van der Waals surface area contributed by atoms with Gasteiger partial charge < -0.3 is 0 Å². The molecule has 1 N–H and O–H groups in total. The van der Waals surface area contributed by atoms with E-state index in [0.29, 0.717) is 4.51 Å². The van der Waals surface area contributed by atoms with E-state index in [0.717, 1.165) is 0 Å². The molecule has 0 radical (unpaired) electrons. The van der Waals surface area contributed by atoms with E-state index in [4.69, 9.17) is 5.11 Å². The van der Waals surface area contributed by atoms with E-state index >= 15 is 0 Å². The van der Waals surface area contributed by atoms with Gasteiger partial charge in [-0.2, -0.15) is 0 Å². The maximum absolute atomic E-state index is 11.2. The first-order chi connectivity index (χ1) is 7.84. The second-order valence-corrected chi connectivity index (χ2v) is 5.38. The standard InChI is InChI=1S/C7H11O5.C3H5.Co.O/c1-3-11-6(9)4-12-7(10)5(2)8;1-3-2;;/h5,8H,1,3-4H2,2H3;1H2,2H3;;. The molecule has 17 heavy (non-hydrogen) atoms. The van der Waals surface area contributed by atoms with Crippen molar-refractivity contribution in [1.82, 2.24) is 0 Å². The third-order valence-corrected chi connectivity index (χ3v) is 3.15. The zero-order valence-electron chi connectivity index (χ0n) is 9.73. The summed E-state index contributed by atoms with van der Waals surface area (Å²) < 4.78 is 20.8. The van der Waals surface area contributed by atoms with Crippen LogP contribution < -0.4 is 0 Å². The molecule has 6 nitrogen and oxygen atoms in total. The van der Waals surface area contributed by atoms with Crippen molar-refractivity contribution < 1.29 is 41.6 Å². The van der Waals surface area contributed by atoms with Gasteiger partial charge in [0.2, 0.25) is 0 Å². The number of hydrogen-bond donors (Lipinski definition) is 1. The molecule has 0 bridgehead atoms. The third kappa shape index (κ3) is 7.78. The van der Waals surface area contributed by atoms with E-state index in [1.807, 2.05) is 0 Å². The van der Waals surface area contributed by atoms with Gasteiger partial charge in [-0.15, -0.1) is 0 Å². The normalized spacial score (nSPS) is 12.5. The Balaban J connectivity index is 3.71. The molecule has 0 aliphatic rings. The van der Waals surface area contributed by atoms with Gasteiger partial charge in [0, 0.05) is 0 Å². The van der Waals surface area contributed by atoms with Gasteiger partial charge in [-0.3, -0.25) is 0 Å². The summed E-state index contributed by atoms with van der Waals surface area (Å²) in [5, 5.41) is 8.96. The predicted molar refractivity (Wildman–Crippen MR) is 53.9 cm³/mol. The SMILES string of the molecule is C=[C](C)[Co](=[O])[CH2]COC(=O)COC(=O)C(C)O. The van der Waals surface area contributed by atoms with Crippen molar-refractivity contribution in [3.8, 4) is 0 Å². The fourth-order valence-electron chi connectivity index (χ4n) is 0.644. The summed E-state index contributed by atoms with van der Waals surface area (Å²) in [5.74, 6) is -1.64. The summed E-state index contributed by atoms with van der Waals surface area (Å²) in [5.41, 5.74) is 0. The number of rotatable bonds is 7. The molecule has 0 spiro atoms. The van der Waals surface area contributed by atoms with Crippen LogP contribution in [0.15, 0.2) is 11.1 Å². The van der Waals surface area contributed by atoms with E-state index in [2.05, 4.69) is 16.1 Å². The maximum atomic E-state index is 11.2. The van der Waals surface area contributed by atoms with Crippen molar-refractivity contribution in [2.24, 2.45) is 0 Å². The van der Waals surface area contributed by atoms with Crippen LogP contribution in [0.2, 0.25) is 5.36 Å². The molecule has 0 aromatic carbocycles. The molecule has 0 aromatic rings. The number of carbonyl (C=O) groups excluding carboxylic acids is 2. The third-order valence-electron chi connectivity index (χ3n) is 1.47. The van der Waals surface area contributed by atoms with Gasteiger partial charge in [-0.05, 0) is 0 Å². The number of aliphatic hydroxyl groups excluding tert-OH is 1. The van der Waals surface area contributed by atoms with Crippen molar-refractivity contribution in [2.75, 3.05) is 13.2 Å². The first kappa shape index (κ1) is 15.9. The summed E-state index contributed by atoms with van der Waals surface area (Å²) in [7, 11) is 0. The molecular formula is C10H16CoO6. The van der Waals surface area contributed by atoms with Gasteiger partial charge in [0.05, 0.1) is 0 Å². The van der Waals surface area contributed by atoms with E-state index in [9.17, 15) is 13.5 Å². The monoisotopic (exact) mass is 291 g/mol. The summed E-state index contributed by atoms with van der Waals surface area (Å²) in [6.07, 6.45) is -1.28. The topological polar surface area (TPSA) is 89.9 Å². The number of aliphatic hydroxyl groups is 1. The molecule has 0 rings (SSSR count). The van der Waals surface area contributed by atoms with Crippen LogP contribution in [0.25, 0.3) is 0 Å². The zero-order valence-corrected chi connectivity index (χ0v) is 10.8. The average molecular weight is 291 g/mol. The Morgan fingerprint density at radius 3 is 2.47 bits per heavy atom. The molecule has 7 heteroatoms. The molecule has 0 aromatic heterocycles. The zero-order chi connectivity index (χ0) is 13.4. The van der Waals surface area contributed by atoms with E-state index in [1.165, 1.54) is 6.92 Å².